The van der Waals surface area contributed by atoms with Gasteiger partial charge in [-0.25, -0.2) is 4.79 Å². The molecule has 1 aromatic heterocycles. The van der Waals surface area contributed by atoms with Gasteiger partial charge in [0.25, 0.3) is 5.91 Å². The molecule has 2 amide bonds. The van der Waals surface area contributed by atoms with Crippen molar-refractivity contribution in [1.82, 2.24) is 15.6 Å². The van der Waals surface area contributed by atoms with Crippen molar-refractivity contribution in [1.29, 1.82) is 0 Å². The molecule has 1 heterocycles. The number of ether oxygens (including phenoxy) is 1. The van der Waals surface area contributed by atoms with Crippen LogP contribution in [0.3, 0.4) is 0 Å². The summed E-state index contributed by atoms with van der Waals surface area (Å²) < 4.78 is 5.21. The molecule has 0 saturated carbocycles. The first-order valence-electron chi connectivity index (χ1n) is 8.57. The molecule has 0 saturated heterocycles. The summed E-state index contributed by atoms with van der Waals surface area (Å²) >= 11 is 0. The number of rotatable bonds is 8. The summed E-state index contributed by atoms with van der Waals surface area (Å²) in [5.74, 6) is -0.541. The van der Waals surface area contributed by atoms with Crippen molar-refractivity contribution in [3.05, 3.63) is 30.1 Å². The first-order valence-corrected chi connectivity index (χ1v) is 8.57. The number of amides is 2. The van der Waals surface area contributed by atoms with Crippen LogP contribution in [0.4, 0.5) is 4.79 Å². The second-order valence-corrected chi connectivity index (χ2v) is 6.92. The number of pyridine rings is 1. The number of hydrogen-bond acceptors (Lipinski definition) is 5. The van der Waals surface area contributed by atoms with Crippen LogP contribution in [0.1, 0.15) is 52.5 Å². The van der Waals surface area contributed by atoms with Gasteiger partial charge in [-0.05, 0) is 38.8 Å². The van der Waals surface area contributed by atoms with Crippen LogP contribution in [0, 0.1) is 0 Å². The summed E-state index contributed by atoms with van der Waals surface area (Å²) in [6.07, 6.45) is 3.43. The minimum absolute atomic E-state index is 0.261. The van der Waals surface area contributed by atoms with Crippen molar-refractivity contribution in [2.24, 2.45) is 0 Å². The Morgan fingerprint density at radius 3 is 2.64 bits per heavy atom. The Morgan fingerprint density at radius 1 is 1.36 bits per heavy atom. The normalized spacial score (nSPS) is 13.6. The van der Waals surface area contributed by atoms with E-state index in [4.69, 9.17) is 4.74 Å². The highest BCUT2D eigenvalue weighted by Crippen LogP contribution is 2.10. The summed E-state index contributed by atoms with van der Waals surface area (Å²) in [6.45, 7) is 7.52. The standard InChI is InChI=1S/C18H29N3O4/c1-5-6-9-14(21-17(24)25-18(2,3)4)15(22)16(23)20-12-13-8-7-10-19-11-13/h7-8,10-11,14-15,22H,5-6,9,12H2,1-4H3,(H,20,23)(H,21,24)/t14-,15+/m0/s1. The predicted octanol–water partition coefficient (Wildman–Crippen LogP) is 2.14. The highest BCUT2D eigenvalue weighted by Gasteiger charge is 2.28. The molecule has 25 heavy (non-hydrogen) atoms. The highest BCUT2D eigenvalue weighted by molar-refractivity contribution is 5.82. The zero-order valence-electron chi connectivity index (χ0n) is 15.4. The Bertz CT molecular complexity index is 543. The van der Waals surface area contributed by atoms with Crippen molar-refractivity contribution in [2.75, 3.05) is 0 Å². The molecule has 1 rings (SSSR count). The molecule has 0 aromatic carbocycles. The molecular weight excluding hydrogens is 322 g/mol. The minimum Gasteiger partial charge on any atom is -0.444 e. The molecular formula is C18H29N3O4. The van der Waals surface area contributed by atoms with E-state index < -0.39 is 29.7 Å². The fourth-order valence-electron chi connectivity index (χ4n) is 2.17. The Morgan fingerprint density at radius 2 is 2.08 bits per heavy atom. The van der Waals surface area contributed by atoms with Gasteiger partial charge in [0.05, 0.1) is 6.04 Å². The van der Waals surface area contributed by atoms with E-state index in [1.54, 1.807) is 39.2 Å². The molecule has 0 bridgehead atoms. The average molecular weight is 351 g/mol. The number of unbranched alkanes of at least 4 members (excludes halogenated alkanes) is 1. The summed E-state index contributed by atoms with van der Waals surface area (Å²) in [7, 11) is 0. The van der Waals surface area contributed by atoms with Crippen LogP contribution >= 0.6 is 0 Å². The summed E-state index contributed by atoms with van der Waals surface area (Å²) in [6, 6.07) is 2.89. The van der Waals surface area contributed by atoms with Gasteiger partial charge in [-0.2, -0.15) is 0 Å². The fourth-order valence-corrected chi connectivity index (χ4v) is 2.17. The van der Waals surface area contributed by atoms with Crippen LogP contribution in [-0.4, -0.2) is 39.8 Å². The Hall–Kier alpha value is -2.15. The van der Waals surface area contributed by atoms with Gasteiger partial charge in [-0.1, -0.05) is 25.8 Å². The van der Waals surface area contributed by atoms with Crippen molar-refractivity contribution < 1.29 is 19.4 Å². The van der Waals surface area contributed by atoms with Gasteiger partial charge >= 0.3 is 6.09 Å². The lowest BCUT2D eigenvalue weighted by atomic mass is 10.0. The molecule has 3 N–H and O–H groups in total. The van der Waals surface area contributed by atoms with E-state index in [2.05, 4.69) is 15.6 Å². The highest BCUT2D eigenvalue weighted by atomic mass is 16.6. The summed E-state index contributed by atoms with van der Waals surface area (Å²) in [4.78, 5) is 28.1. The number of aliphatic hydroxyl groups excluding tert-OH is 1. The topological polar surface area (TPSA) is 101 Å². The largest absolute Gasteiger partial charge is 0.444 e. The third-order valence-corrected chi connectivity index (χ3v) is 3.41. The second-order valence-electron chi connectivity index (χ2n) is 6.92. The molecule has 0 aliphatic heterocycles. The number of carbonyl (C=O) groups is 2. The Labute approximate surface area is 149 Å². The molecule has 0 aliphatic carbocycles. The third kappa shape index (κ3) is 8.49. The molecule has 0 aliphatic rings. The van der Waals surface area contributed by atoms with Gasteiger partial charge in [-0.15, -0.1) is 0 Å². The number of alkyl carbamates (subject to hydrolysis) is 1. The van der Waals surface area contributed by atoms with E-state index in [9.17, 15) is 14.7 Å². The number of aliphatic hydroxyl groups is 1. The van der Waals surface area contributed by atoms with E-state index >= 15 is 0 Å². The van der Waals surface area contributed by atoms with Gasteiger partial charge in [0.1, 0.15) is 5.60 Å². The SMILES string of the molecule is CCCC[C@H](NC(=O)OC(C)(C)C)[C@@H](O)C(=O)NCc1cccnc1. The van der Waals surface area contributed by atoms with E-state index in [0.29, 0.717) is 6.42 Å². The van der Waals surface area contributed by atoms with Crippen molar-refractivity contribution in [3.8, 4) is 0 Å². The van der Waals surface area contributed by atoms with Gasteiger partial charge in [0.2, 0.25) is 0 Å². The van der Waals surface area contributed by atoms with Gasteiger partial charge < -0.3 is 20.5 Å². The molecule has 7 nitrogen and oxygen atoms in total. The van der Waals surface area contributed by atoms with E-state index in [-0.39, 0.29) is 6.54 Å². The van der Waals surface area contributed by atoms with Gasteiger partial charge in [0, 0.05) is 18.9 Å². The molecule has 0 spiro atoms. The summed E-state index contributed by atoms with van der Waals surface area (Å²) in [5.41, 5.74) is 0.181. The minimum atomic E-state index is -1.35. The molecule has 7 heteroatoms. The van der Waals surface area contributed by atoms with Crippen LogP contribution in [0.25, 0.3) is 0 Å². The van der Waals surface area contributed by atoms with Crippen LogP contribution < -0.4 is 10.6 Å². The lowest BCUT2D eigenvalue weighted by Crippen LogP contribution is -2.51. The number of nitrogens with zero attached hydrogens (tertiary/aromatic N) is 1. The third-order valence-electron chi connectivity index (χ3n) is 3.41. The molecule has 1 aromatic rings. The first-order chi connectivity index (χ1) is 11.7. The van der Waals surface area contributed by atoms with Crippen LogP contribution in [0.15, 0.2) is 24.5 Å². The molecule has 0 fully saturated rings. The predicted molar refractivity (Wildman–Crippen MR) is 94.8 cm³/mol. The second kappa shape index (κ2) is 9.98. The van der Waals surface area contributed by atoms with E-state index in [0.717, 1.165) is 18.4 Å². The Kier molecular flexibility index (Phi) is 8.34. The number of carbonyl (C=O) groups excluding carboxylic acids is 2. The van der Waals surface area contributed by atoms with Crippen molar-refractivity contribution >= 4 is 12.0 Å². The summed E-state index contributed by atoms with van der Waals surface area (Å²) in [5, 5.41) is 15.6. The van der Waals surface area contributed by atoms with Crippen molar-refractivity contribution in [2.45, 2.75) is 71.2 Å². The molecule has 2 atom stereocenters. The first kappa shape index (κ1) is 20.9. The van der Waals surface area contributed by atoms with E-state index in [1.165, 1.54) is 0 Å². The van der Waals surface area contributed by atoms with Crippen molar-refractivity contribution in [3.63, 3.8) is 0 Å². The smallest absolute Gasteiger partial charge is 0.407 e. The lowest BCUT2D eigenvalue weighted by molar-refractivity contribution is -0.131. The fraction of sp³-hybridized carbons (Fsp3) is 0.611. The average Bonchev–Trinajstić information content (AvgIpc) is 2.55. The number of hydrogen-bond donors (Lipinski definition) is 3. The molecule has 0 radical (unpaired) electrons. The maximum atomic E-state index is 12.2. The maximum absolute atomic E-state index is 12.2. The van der Waals surface area contributed by atoms with E-state index in [1.807, 2.05) is 13.0 Å². The quantitative estimate of drug-likeness (QED) is 0.666. The number of aromatic nitrogens is 1. The maximum Gasteiger partial charge on any atom is 0.407 e. The molecule has 0 unspecified atom stereocenters. The molecule has 140 valence electrons. The zero-order valence-corrected chi connectivity index (χ0v) is 15.4. The Balaban J connectivity index is 2.62. The van der Waals surface area contributed by atoms with Crippen LogP contribution in [0.2, 0.25) is 0 Å². The number of nitrogens with one attached hydrogen (secondary N) is 2. The van der Waals surface area contributed by atoms with Crippen LogP contribution in [0.5, 0.6) is 0 Å². The lowest BCUT2D eigenvalue weighted by Gasteiger charge is -2.26. The monoisotopic (exact) mass is 351 g/mol. The zero-order chi connectivity index (χ0) is 18.9. The van der Waals surface area contributed by atoms with Crippen LogP contribution in [-0.2, 0) is 16.1 Å². The van der Waals surface area contributed by atoms with Gasteiger partial charge in [-0.3, -0.25) is 9.78 Å². The van der Waals surface area contributed by atoms with Gasteiger partial charge in [0.15, 0.2) is 6.10 Å².